The summed E-state index contributed by atoms with van der Waals surface area (Å²) in [7, 11) is 0. The maximum atomic E-state index is 15.0. The van der Waals surface area contributed by atoms with Gasteiger partial charge in [0.05, 0.1) is 30.1 Å². The summed E-state index contributed by atoms with van der Waals surface area (Å²) >= 11 is 6.00. The van der Waals surface area contributed by atoms with E-state index in [-0.39, 0.29) is 29.9 Å². The number of benzene rings is 2. The fraction of sp³-hybridized carbons (Fsp3) is 0.320. The Kier molecular flexibility index (Phi) is 7.41. The van der Waals surface area contributed by atoms with Crippen molar-refractivity contribution in [2.75, 3.05) is 12.3 Å². The molecular weight excluding hydrogens is 457 g/mol. The highest BCUT2D eigenvalue weighted by Gasteiger charge is 2.23. The number of halogens is 2. The number of carbonyl (C=O) groups excluding carboxylic acids is 1. The number of hydrogen-bond acceptors (Lipinski definition) is 6. The molecule has 7 nitrogen and oxygen atoms in total. The van der Waals surface area contributed by atoms with Crippen LogP contribution in [0.1, 0.15) is 59.3 Å². The number of hydrogen-bond donors (Lipinski definition) is 4. The van der Waals surface area contributed by atoms with Crippen molar-refractivity contribution in [1.82, 2.24) is 15.3 Å². The molecule has 9 heteroatoms. The Bertz CT molecular complexity index is 1180. The van der Waals surface area contributed by atoms with E-state index in [1.54, 1.807) is 36.5 Å². The van der Waals surface area contributed by atoms with Gasteiger partial charge in [0.25, 0.3) is 5.91 Å². The summed E-state index contributed by atoms with van der Waals surface area (Å²) < 4.78 is 15.0. The average molecular weight is 484 g/mol. The highest BCUT2D eigenvalue weighted by Crippen LogP contribution is 2.33. The topological polar surface area (TPSA) is 127 Å². The second-order valence-corrected chi connectivity index (χ2v) is 9.04. The molecule has 1 aliphatic rings. The first kappa shape index (κ1) is 24.1. The van der Waals surface area contributed by atoms with Crippen LogP contribution < -0.4 is 16.8 Å². The summed E-state index contributed by atoms with van der Waals surface area (Å²) in [5.74, 6) is -0.958. The Hall–Kier alpha value is -3.07. The molecule has 4 rings (SSSR count). The molecule has 1 aliphatic carbocycles. The molecule has 0 radical (unpaired) electrons. The quantitative estimate of drug-likeness (QED) is 0.420. The SMILES string of the molecule is Nc1ncc(C2CCC(N)CC2)nc1-c1ccc(C(=O)NC(CO)c2cccc(Cl)c2)c(F)c1. The summed E-state index contributed by atoms with van der Waals surface area (Å²) in [6, 6.07) is 10.4. The second-order valence-electron chi connectivity index (χ2n) is 8.60. The maximum absolute atomic E-state index is 15.0. The van der Waals surface area contributed by atoms with Crippen molar-refractivity contribution in [2.24, 2.45) is 5.73 Å². The molecule has 34 heavy (non-hydrogen) atoms. The third kappa shape index (κ3) is 5.35. The number of rotatable bonds is 6. The van der Waals surface area contributed by atoms with Crippen LogP contribution in [0, 0.1) is 5.82 Å². The Morgan fingerprint density at radius 1 is 1.21 bits per heavy atom. The average Bonchev–Trinajstić information content (AvgIpc) is 2.83. The van der Waals surface area contributed by atoms with Crippen LogP contribution >= 0.6 is 11.6 Å². The number of nitrogens with zero attached hydrogens (tertiary/aromatic N) is 2. The van der Waals surface area contributed by atoms with Crippen LogP contribution in [-0.4, -0.2) is 33.6 Å². The summed E-state index contributed by atoms with van der Waals surface area (Å²) in [4.78, 5) is 21.7. The number of aromatic nitrogens is 2. The molecule has 0 saturated heterocycles. The first-order chi connectivity index (χ1) is 16.4. The normalized spacial score (nSPS) is 18.9. The van der Waals surface area contributed by atoms with Gasteiger partial charge in [0.1, 0.15) is 17.3 Å². The largest absolute Gasteiger partial charge is 0.394 e. The molecule has 0 spiro atoms. The summed E-state index contributed by atoms with van der Waals surface area (Å²) in [6.45, 7) is -0.364. The zero-order valence-electron chi connectivity index (χ0n) is 18.5. The van der Waals surface area contributed by atoms with Crippen molar-refractivity contribution >= 4 is 23.3 Å². The van der Waals surface area contributed by atoms with Gasteiger partial charge >= 0.3 is 0 Å². The van der Waals surface area contributed by atoms with Gasteiger partial charge in [-0.05, 0) is 55.5 Å². The molecule has 1 unspecified atom stereocenters. The Morgan fingerprint density at radius 2 is 1.97 bits per heavy atom. The number of anilines is 1. The lowest BCUT2D eigenvalue weighted by atomic mass is 9.84. The summed E-state index contributed by atoms with van der Waals surface area (Å²) in [6.07, 6.45) is 5.36. The molecule has 2 aromatic carbocycles. The predicted octanol–water partition coefficient (Wildman–Crippen LogP) is 3.97. The summed E-state index contributed by atoms with van der Waals surface area (Å²) in [5, 5.41) is 12.8. The molecular formula is C25H27ClFN5O2. The van der Waals surface area contributed by atoms with E-state index in [1.807, 2.05) is 0 Å². The second kappa shape index (κ2) is 10.5. The Labute approximate surface area is 202 Å². The van der Waals surface area contributed by atoms with E-state index in [0.29, 0.717) is 21.8 Å². The monoisotopic (exact) mass is 483 g/mol. The van der Waals surface area contributed by atoms with Crippen molar-refractivity contribution in [3.63, 3.8) is 0 Å². The van der Waals surface area contributed by atoms with E-state index >= 15 is 0 Å². The molecule has 3 aromatic rings. The zero-order valence-corrected chi connectivity index (χ0v) is 19.3. The fourth-order valence-electron chi connectivity index (χ4n) is 4.28. The molecule has 1 heterocycles. The molecule has 1 aromatic heterocycles. The lowest BCUT2D eigenvalue weighted by Crippen LogP contribution is -2.31. The molecule has 178 valence electrons. The van der Waals surface area contributed by atoms with Crippen LogP contribution in [0.25, 0.3) is 11.3 Å². The molecule has 6 N–H and O–H groups in total. The van der Waals surface area contributed by atoms with E-state index < -0.39 is 17.8 Å². The highest BCUT2D eigenvalue weighted by molar-refractivity contribution is 6.30. The van der Waals surface area contributed by atoms with Crippen LogP contribution in [0.2, 0.25) is 5.02 Å². The smallest absolute Gasteiger partial charge is 0.254 e. The van der Waals surface area contributed by atoms with Gasteiger partial charge in [0, 0.05) is 22.5 Å². The number of carbonyl (C=O) groups is 1. The van der Waals surface area contributed by atoms with Gasteiger partial charge < -0.3 is 21.9 Å². The molecule has 0 aliphatic heterocycles. The van der Waals surface area contributed by atoms with Gasteiger partial charge in [0.2, 0.25) is 0 Å². The van der Waals surface area contributed by atoms with Gasteiger partial charge in [-0.3, -0.25) is 4.79 Å². The first-order valence-electron chi connectivity index (χ1n) is 11.2. The maximum Gasteiger partial charge on any atom is 0.254 e. The minimum Gasteiger partial charge on any atom is -0.394 e. The lowest BCUT2D eigenvalue weighted by molar-refractivity contribution is 0.0912. The van der Waals surface area contributed by atoms with E-state index in [4.69, 9.17) is 23.1 Å². The van der Waals surface area contributed by atoms with Crippen molar-refractivity contribution in [2.45, 2.75) is 43.7 Å². The predicted molar refractivity (Wildman–Crippen MR) is 130 cm³/mol. The standard InChI is InChI=1S/C25H27ClFN5O2/c26-17-3-1-2-15(10-17)22(13-33)32-25(34)19-9-6-16(11-20(19)27)23-24(29)30-12-21(31-23)14-4-7-18(28)8-5-14/h1-3,6,9-12,14,18,22,33H,4-5,7-8,13,28H2,(H2,29,30)(H,32,34). The van der Waals surface area contributed by atoms with Crippen molar-refractivity contribution < 1.29 is 14.3 Å². The van der Waals surface area contributed by atoms with Crippen molar-refractivity contribution in [3.8, 4) is 11.3 Å². The third-order valence-electron chi connectivity index (χ3n) is 6.24. The molecule has 1 atom stereocenters. The van der Waals surface area contributed by atoms with Crippen LogP contribution in [0.15, 0.2) is 48.7 Å². The van der Waals surface area contributed by atoms with Crippen LogP contribution in [-0.2, 0) is 0 Å². The third-order valence-corrected chi connectivity index (χ3v) is 6.47. The van der Waals surface area contributed by atoms with Gasteiger partial charge in [-0.1, -0.05) is 29.8 Å². The highest BCUT2D eigenvalue weighted by atomic mass is 35.5. The number of nitrogens with two attached hydrogens (primary N) is 2. The van der Waals surface area contributed by atoms with Crippen LogP contribution in [0.3, 0.4) is 0 Å². The van der Waals surface area contributed by atoms with Gasteiger partial charge in [-0.15, -0.1) is 0 Å². The summed E-state index contributed by atoms with van der Waals surface area (Å²) in [5.41, 5.74) is 14.1. The van der Waals surface area contributed by atoms with Crippen LogP contribution in [0.4, 0.5) is 10.2 Å². The van der Waals surface area contributed by atoms with E-state index in [9.17, 15) is 14.3 Å². The zero-order chi connectivity index (χ0) is 24.2. The molecule has 1 saturated carbocycles. The fourth-order valence-corrected chi connectivity index (χ4v) is 4.48. The minimum absolute atomic E-state index is 0.159. The molecule has 0 bridgehead atoms. The molecule has 1 fully saturated rings. The van der Waals surface area contributed by atoms with Crippen molar-refractivity contribution in [1.29, 1.82) is 0 Å². The van der Waals surface area contributed by atoms with Gasteiger partial charge in [-0.2, -0.15) is 0 Å². The first-order valence-corrected chi connectivity index (χ1v) is 11.6. The number of aliphatic hydroxyl groups excluding tert-OH is 1. The van der Waals surface area contributed by atoms with Crippen molar-refractivity contribution in [3.05, 3.63) is 76.3 Å². The van der Waals surface area contributed by atoms with Gasteiger partial charge in [-0.25, -0.2) is 14.4 Å². The minimum atomic E-state index is -0.730. The van der Waals surface area contributed by atoms with Crippen LogP contribution in [0.5, 0.6) is 0 Å². The van der Waals surface area contributed by atoms with E-state index in [1.165, 1.54) is 12.1 Å². The molecule has 1 amide bonds. The van der Waals surface area contributed by atoms with Gasteiger partial charge in [0.15, 0.2) is 0 Å². The van der Waals surface area contributed by atoms with E-state index in [0.717, 1.165) is 31.4 Å². The number of aliphatic hydroxyl groups is 1. The number of amides is 1. The Balaban J connectivity index is 1.55. The van der Waals surface area contributed by atoms with E-state index in [2.05, 4.69) is 15.3 Å². The lowest BCUT2D eigenvalue weighted by Gasteiger charge is -2.25. The Morgan fingerprint density at radius 3 is 2.65 bits per heavy atom. The number of nitrogen functional groups attached to an aromatic ring is 1. The number of nitrogens with one attached hydrogen (secondary N) is 1.